The van der Waals surface area contributed by atoms with Crippen molar-refractivity contribution in [2.45, 2.75) is 6.42 Å². The Kier molecular flexibility index (Phi) is 3.21. The van der Waals surface area contributed by atoms with Crippen molar-refractivity contribution < 1.29 is 9.13 Å². The van der Waals surface area contributed by atoms with Crippen molar-refractivity contribution >= 4 is 23.1 Å². The number of fused-ring (bicyclic) bond motifs is 1. The van der Waals surface area contributed by atoms with Gasteiger partial charge in [0.05, 0.1) is 18.5 Å². The molecule has 0 spiro atoms. The molecule has 1 aliphatic heterocycles. The number of hydrogen-bond donors (Lipinski definition) is 0. The van der Waals surface area contributed by atoms with Crippen LogP contribution in [-0.4, -0.2) is 23.1 Å². The van der Waals surface area contributed by atoms with E-state index >= 15 is 0 Å². The molecule has 2 aromatic rings. The third kappa shape index (κ3) is 2.33. The van der Waals surface area contributed by atoms with Crippen molar-refractivity contribution in [2.75, 3.05) is 18.1 Å². The molecule has 2 heterocycles. The van der Waals surface area contributed by atoms with E-state index in [2.05, 4.69) is 9.97 Å². The molecule has 0 fully saturated rings. The van der Waals surface area contributed by atoms with Gasteiger partial charge in [0, 0.05) is 6.54 Å². The number of ether oxygens (including phenoxy) is 1. The molecule has 6 heteroatoms. The average Bonchev–Trinajstić information content (AvgIpc) is 2.64. The third-order valence-corrected chi connectivity index (χ3v) is 3.07. The summed E-state index contributed by atoms with van der Waals surface area (Å²) in [6, 6.07) is 7.48. The molecule has 0 radical (unpaired) electrons. The summed E-state index contributed by atoms with van der Waals surface area (Å²) in [5.74, 6) is 0.396. The van der Waals surface area contributed by atoms with Crippen LogP contribution in [0.5, 0.6) is 5.75 Å². The van der Waals surface area contributed by atoms with Crippen LogP contribution in [0, 0.1) is 5.82 Å². The van der Waals surface area contributed by atoms with E-state index in [1.54, 1.807) is 4.90 Å². The highest BCUT2D eigenvalue weighted by molar-refractivity contribution is 6.28. The first kappa shape index (κ1) is 12.2. The molecule has 98 valence electrons. The van der Waals surface area contributed by atoms with Crippen LogP contribution in [0.15, 0.2) is 30.5 Å². The fourth-order valence-corrected chi connectivity index (χ4v) is 2.20. The summed E-state index contributed by atoms with van der Waals surface area (Å²) in [5.41, 5.74) is 0.786. The van der Waals surface area contributed by atoms with E-state index in [1.807, 2.05) is 24.3 Å². The Morgan fingerprint density at radius 1 is 1.32 bits per heavy atom. The van der Waals surface area contributed by atoms with Gasteiger partial charge in [0.15, 0.2) is 11.6 Å². The topological polar surface area (TPSA) is 38.2 Å². The molecule has 0 atom stereocenters. The Bertz CT molecular complexity index is 608. The number of nitrogens with zero attached hydrogens (tertiary/aromatic N) is 3. The minimum absolute atomic E-state index is 0.0269. The number of para-hydroxylation sites is 2. The number of anilines is 2. The molecular formula is C13H11ClFN3O. The van der Waals surface area contributed by atoms with Crippen LogP contribution < -0.4 is 9.64 Å². The van der Waals surface area contributed by atoms with Crippen molar-refractivity contribution in [1.29, 1.82) is 0 Å². The molecular weight excluding hydrogens is 269 g/mol. The highest BCUT2D eigenvalue weighted by Gasteiger charge is 2.21. The molecule has 0 bridgehead atoms. The van der Waals surface area contributed by atoms with Gasteiger partial charge >= 0.3 is 0 Å². The summed E-state index contributed by atoms with van der Waals surface area (Å²) in [6.07, 6.45) is 1.86. The first-order chi connectivity index (χ1) is 9.25. The van der Waals surface area contributed by atoms with Gasteiger partial charge in [-0.1, -0.05) is 12.1 Å². The highest BCUT2D eigenvalue weighted by atomic mass is 35.5. The van der Waals surface area contributed by atoms with Crippen molar-refractivity contribution in [3.05, 3.63) is 41.6 Å². The van der Waals surface area contributed by atoms with E-state index in [-0.39, 0.29) is 11.1 Å². The smallest absolute Gasteiger partial charge is 0.224 e. The van der Waals surface area contributed by atoms with Crippen LogP contribution in [0.3, 0.4) is 0 Å². The van der Waals surface area contributed by atoms with Crippen LogP contribution in [0.1, 0.15) is 6.42 Å². The Morgan fingerprint density at radius 3 is 3.05 bits per heavy atom. The normalized spacial score (nSPS) is 14.5. The Morgan fingerprint density at radius 2 is 2.16 bits per heavy atom. The average molecular weight is 280 g/mol. The zero-order chi connectivity index (χ0) is 13.2. The SMILES string of the molecule is Fc1cnc(Cl)nc1N1CCCOc2ccccc21. The van der Waals surface area contributed by atoms with E-state index in [1.165, 1.54) is 0 Å². The van der Waals surface area contributed by atoms with Gasteiger partial charge in [0.2, 0.25) is 5.28 Å². The molecule has 3 rings (SSSR count). The number of aromatic nitrogens is 2. The summed E-state index contributed by atoms with van der Waals surface area (Å²) in [5, 5.41) is 0.0269. The molecule has 4 nitrogen and oxygen atoms in total. The quantitative estimate of drug-likeness (QED) is 0.752. The summed E-state index contributed by atoms with van der Waals surface area (Å²) in [4.78, 5) is 9.39. The lowest BCUT2D eigenvalue weighted by molar-refractivity contribution is 0.322. The largest absolute Gasteiger partial charge is 0.491 e. The Hall–Kier alpha value is -1.88. The monoisotopic (exact) mass is 279 g/mol. The molecule has 1 aromatic carbocycles. The lowest BCUT2D eigenvalue weighted by Crippen LogP contribution is -2.20. The molecule has 19 heavy (non-hydrogen) atoms. The van der Waals surface area contributed by atoms with Gasteiger partial charge in [-0.05, 0) is 30.2 Å². The molecule has 0 saturated carbocycles. The maximum Gasteiger partial charge on any atom is 0.224 e. The van der Waals surface area contributed by atoms with Crippen molar-refractivity contribution in [1.82, 2.24) is 9.97 Å². The number of rotatable bonds is 1. The van der Waals surface area contributed by atoms with Crippen LogP contribution >= 0.6 is 11.6 Å². The summed E-state index contributed by atoms with van der Waals surface area (Å²) < 4.78 is 19.5. The standard InChI is InChI=1S/C13H11ClFN3O/c14-13-16-8-9(15)12(17-13)18-6-3-7-19-11-5-2-1-4-10(11)18/h1-2,4-5,8H,3,6-7H2. The Labute approximate surface area is 114 Å². The fraction of sp³-hybridized carbons (Fsp3) is 0.231. The molecule has 0 unspecified atom stereocenters. The summed E-state index contributed by atoms with van der Waals surface area (Å²) >= 11 is 5.76. The molecule has 0 amide bonds. The zero-order valence-electron chi connectivity index (χ0n) is 10.0. The highest BCUT2D eigenvalue weighted by Crippen LogP contribution is 2.35. The second kappa shape index (κ2) is 5.01. The van der Waals surface area contributed by atoms with Gasteiger partial charge in [-0.3, -0.25) is 0 Å². The van der Waals surface area contributed by atoms with Crippen LogP contribution in [0.25, 0.3) is 0 Å². The predicted molar refractivity (Wildman–Crippen MR) is 70.6 cm³/mol. The van der Waals surface area contributed by atoms with Crippen molar-refractivity contribution in [3.8, 4) is 5.75 Å². The molecule has 0 aliphatic carbocycles. The maximum absolute atomic E-state index is 13.9. The van der Waals surface area contributed by atoms with E-state index in [0.717, 1.165) is 18.3 Å². The molecule has 0 N–H and O–H groups in total. The lowest BCUT2D eigenvalue weighted by atomic mass is 10.2. The first-order valence-corrected chi connectivity index (χ1v) is 6.31. The zero-order valence-corrected chi connectivity index (χ0v) is 10.8. The van der Waals surface area contributed by atoms with Crippen molar-refractivity contribution in [2.24, 2.45) is 0 Å². The summed E-state index contributed by atoms with van der Waals surface area (Å²) in [6.45, 7) is 1.20. The van der Waals surface area contributed by atoms with Gasteiger partial charge in [0.25, 0.3) is 0 Å². The van der Waals surface area contributed by atoms with Crippen LogP contribution in [-0.2, 0) is 0 Å². The maximum atomic E-state index is 13.9. The van der Waals surface area contributed by atoms with Crippen molar-refractivity contribution in [3.63, 3.8) is 0 Å². The molecule has 1 aliphatic rings. The van der Waals surface area contributed by atoms with Gasteiger partial charge in [-0.15, -0.1) is 0 Å². The van der Waals surface area contributed by atoms with Gasteiger partial charge < -0.3 is 9.64 Å². The predicted octanol–water partition coefficient (Wildman–Crippen LogP) is 3.19. The van der Waals surface area contributed by atoms with Crippen LogP contribution in [0.4, 0.5) is 15.9 Å². The van der Waals surface area contributed by atoms with Gasteiger partial charge in [0.1, 0.15) is 5.75 Å². The molecule has 1 aromatic heterocycles. The fourth-order valence-electron chi connectivity index (χ4n) is 2.07. The number of benzene rings is 1. The minimum atomic E-state index is -0.499. The number of halogens is 2. The van der Waals surface area contributed by atoms with Gasteiger partial charge in [-0.2, -0.15) is 4.98 Å². The number of hydrogen-bond acceptors (Lipinski definition) is 4. The minimum Gasteiger partial charge on any atom is -0.491 e. The van der Waals surface area contributed by atoms with E-state index in [9.17, 15) is 4.39 Å². The third-order valence-electron chi connectivity index (χ3n) is 2.89. The second-order valence-electron chi connectivity index (χ2n) is 4.13. The second-order valence-corrected chi connectivity index (χ2v) is 4.47. The van der Waals surface area contributed by atoms with E-state index < -0.39 is 5.82 Å². The van der Waals surface area contributed by atoms with Gasteiger partial charge in [-0.25, -0.2) is 9.37 Å². The van der Waals surface area contributed by atoms with Crippen LogP contribution in [0.2, 0.25) is 5.28 Å². The lowest BCUT2D eigenvalue weighted by Gasteiger charge is -2.22. The van der Waals surface area contributed by atoms with E-state index in [0.29, 0.717) is 18.9 Å². The Balaban J connectivity index is 2.11. The van der Waals surface area contributed by atoms with E-state index in [4.69, 9.17) is 16.3 Å². The first-order valence-electron chi connectivity index (χ1n) is 5.93. The molecule has 0 saturated heterocycles. The summed E-state index contributed by atoms with van der Waals surface area (Å²) in [7, 11) is 0.